The van der Waals surface area contributed by atoms with Crippen LogP contribution in [-0.2, 0) is 6.73 Å². The van der Waals surface area contributed by atoms with Gasteiger partial charge in [-0.05, 0) is 12.1 Å². The highest BCUT2D eigenvalue weighted by atomic mass is 16.3. The molecular formula is C14H12N2O. The van der Waals surface area contributed by atoms with E-state index in [0.29, 0.717) is 0 Å². The molecule has 1 heterocycles. The van der Waals surface area contributed by atoms with Gasteiger partial charge in [0, 0.05) is 5.56 Å². The van der Waals surface area contributed by atoms with Crippen LogP contribution in [0.1, 0.15) is 0 Å². The van der Waals surface area contributed by atoms with E-state index < -0.39 is 0 Å². The lowest BCUT2D eigenvalue weighted by molar-refractivity contribution is 0.216. The number of nitrogens with zero attached hydrogens (tertiary/aromatic N) is 2. The lowest BCUT2D eigenvalue weighted by atomic mass is 10.2. The van der Waals surface area contributed by atoms with Gasteiger partial charge in [0.15, 0.2) is 0 Å². The number of para-hydroxylation sites is 2. The van der Waals surface area contributed by atoms with Crippen LogP contribution in [0.25, 0.3) is 22.4 Å². The van der Waals surface area contributed by atoms with Gasteiger partial charge in [0.05, 0.1) is 11.0 Å². The molecule has 0 fully saturated rings. The first-order valence-corrected chi connectivity index (χ1v) is 5.51. The molecule has 84 valence electrons. The lowest BCUT2D eigenvalue weighted by Gasteiger charge is -2.04. The van der Waals surface area contributed by atoms with Crippen LogP contribution in [0.3, 0.4) is 0 Å². The molecule has 0 spiro atoms. The fraction of sp³-hybridized carbons (Fsp3) is 0.0714. The van der Waals surface area contributed by atoms with Crippen LogP contribution in [0.4, 0.5) is 0 Å². The van der Waals surface area contributed by atoms with Crippen molar-refractivity contribution in [1.29, 1.82) is 0 Å². The highest BCUT2D eigenvalue weighted by Crippen LogP contribution is 2.23. The maximum Gasteiger partial charge on any atom is 0.143 e. The van der Waals surface area contributed by atoms with Crippen LogP contribution in [0, 0.1) is 0 Å². The number of fused-ring (bicyclic) bond motifs is 1. The predicted octanol–water partition coefficient (Wildman–Crippen LogP) is 2.65. The van der Waals surface area contributed by atoms with Gasteiger partial charge in [-0.1, -0.05) is 42.5 Å². The molecule has 3 heteroatoms. The van der Waals surface area contributed by atoms with Crippen molar-refractivity contribution in [2.24, 2.45) is 0 Å². The van der Waals surface area contributed by atoms with E-state index in [0.717, 1.165) is 22.4 Å². The standard InChI is InChI=1S/C14H12N2O/c17-10-16-13-9-5-4-8-12(13)15-14(16)11-6-2-1-3-7-11/h1-9,17H,10H2. The fourth-order valence-corrected chi connectivity index (χ4v) is 2.03. The molecule has 0 saturated carbocycles. The molecule has 2 aromatic carbocycles. The molecular weight excluding hydrogens is 212 g/mol. The van der Waals surface area contributed by atoms with Crippen LogP contribution in [-0.4, -0.2) is 14.7 Å². The van der Waals surface area contributed by atoms with Gasteiger partial charge in [0.1, 0.15) is 12.6 Å². The molecule has 0 atom stereocenters. The van der Waals surface area contributed by atoms with Gasteiger partial charge in [0.2, 0.25) is 0 Å². The first kappa shape index (κ1) is 10.1. The Morgan fingerprint density at radius 2 is 1.65 bits per heavy atom. The summed E-state index contributed by atoms with van der Waals surface area (Å²) in [5, 5.41) is 9.49. The minimum atomic E-state index is -0.0647. The van der Waals surface area contributed by atoms with Crippen LogP contribution in [0.5, 0.6) is 0 Å². The molecule has 3 aromatic rings. The first-order chi connectivity index (χ1) is 8.40. The molecule has 1 aromatic heterocycles. The number of aliphatic hydroxyl groups is 1. The Hall–Kier alpha value is -2.13. The number of benzene rings is 2. The van der Waals surface area contributed by atoms with Crippen molar-refractivity contribution >= 4 is 11.0 Å². The van der Waals surface area contributed by atoms with Gasteiger partial charge in [-0.3, -0.25) is 0 Å². The smallest absolute Gasteiger partial charge is 0.143 e. The summed E-state index contributed by atoms with van der Waals surface area (Å²) in [5.41, 5.74) is 2.87. The predicted molar refractivity (Wildman–Crippen MR) is 67.4 cm³/mol. The Labute approximate surface area is 99.0 Å². The first-order valence-electron chi connectivity index (χ1n) is 5.51. The van der Waals surface area contributed by atoms with Gasteiger partial charge in [-0.25, -0.2) is 4.98 Å². The van der Waals surface area contributed by atoms with Crippen LogP contribution in [0.15, 0.2) is 54.6 Å². The summed E-state index contributed by atoms with van der Waals surface area (Å²) in [6.07, 6.45) is 0. The van der Waals surface area contributed by atoms with Gasteiger partial charge in [-0.15, -0.1) is 0 Å². The summed E-state index contributed by atoms with van der Waals surface area (Å²) < 4.78 is 1.81. The van der Waals surface area contributed by atoms with Gasteiger partial charge in [-0.2, -0.15) is 0 Å². The minimum absolute atomic E-state index is 0.0647. The SMILES string of the molecule is OCn1c(-c2ccccc2)nc2ccccc21. The Kier molecular flexibility index (Phi) is 2.38. The zero-order valence-electron chi connectivity index (χ0n) is 9.24. The molecule has 3 rings (SSSR count). The largest absolute Gasteiger partial charge is 0.376 e. The quantitative estimate of drug-likeness (QED) is 0.726. The maximum atomic E-state index is 9.49. The molecule has 0 bridgehead atoms. The number of hydrogen-bond acceptors (Lipinski definition) is 2. The van der Waals surface area contributed by atoms with Crippen molar-refractivity contribution in [3.8, 4) is 11.4 Å². The Morgan fingerprint density at radius 3 is 2.41 bits per heavy atom. The molecule has 3 nitrogen and oxygen atoms in total. The Bertz CT molecular complexity index is 644. The van der Waals surface area contributed by atoms with Crippen LogP contribution in [0.2, 0.25) is 0 Å². The fourth-order valence-electron chi connectivity index (χ4n) is 2.03. The monoisotopic (exact) mass is 224 g/mol. The number of rotatable bonds is 2. The van der Waals surface area contributed by atoms with E-state index in [-0.39, 0.29) is 6.73 Å². The molecule has 17 heavy (non-hydrogen) atoms. The molecule has 0 amide bonds. The van der Waals surface area contributed by atoms with Crippen molar-refractivity contribution in [2.45, 2.75) is 6.73 Å². The van der Waals surface area contributed by atoms with Crippen molar-refractivity contribution in [2.75, 3.05) is 0 Å². The highest BCUT2D eigenvalue weighted by Gasteiger charge is 2.10. The van der Waals surface area contributed by atoms with E-state index in [1.165, 1.54) is 0 Å². The second kappa shape index (κ2) is 4.03. The highest BCUT2D eigenvalue weighted by molar-refractivity contribution is 5.80. The zero-order valence-corrected chi connectivity index (χ0v) is 9.24. The van der Waals surface area contributed by atoms with Crippen molar-refractivity contribution in [1.82, 2.24) is 9.55 Å². The van der Waals surface area contributed by atoms with Gasteiger partial charge < -0.3 is 9.67 Å². The average molecular weight is 224 g/mol. The topological polar surface area (TPSA) is 38.0 Å². The zero-order chi connectivity index (χ0) is 11.7. The number of imidazole rings is 1. The molecule has 0 saturated heterocycles. The number of hydrogen-bond donors (Lipinski definition) is 1. The minimum Gasteiger partial charge on any atom is -0.376 e. The summed E-state index contributed by atoms with van der Waals surface area (Å²) in [6, 6.07) is 17.7. The number of aliphatic hydroxyl groups excluding tert-OH is 1. The van der Waals surface area contributed by atoms with Crippen LogP contribution < -0.4 is 0 Å². The Balaban J connectivity index is 2.30. The summed E-state index contributed by atoms with van der Waals surface area (Å²) in [4.78, 5) is 4.56. The van der Waals surface area contributed by atoms with E-state index in [4.69, 9.17) is 0 Å². The lowest BCUT2D eigenvalue weighted by Crippen LogP contribution is -1.99. The molecule has 0 unspecified atom stereocenters. The average Bonchev–Trinajstić information content (AvgIpc) is 2.78. The van der Waals surface area contributed by atoms with Gasteiger partial charge in [0.25, 0.3) is 0 Å². The van der Waals surface area contributed by atoms with Crippen LogP contribution >= 0.6 is 0 Å². The van der Waals surface area contributed by atoms with Crippen molar-refractivity contribution in [3.05, 3.63) is 54.6 Å². The molecule has 0 aliphatic heterocycles. The Morgan fingerprint density at radius 1 is 0.941 bits per heavy atom. The van der Waals surface area contributed by atoms with E-state index >= 15 is 0 Å². The molecule has 0 aliphatic rings. The summed E-state index contributed by atoms with van der Waals surface area (Å²) in [7, 11) is 0. The second-order valence-electron chi connectivity index (χ2n) is 3.86. The second-order valence-corrected chi connectivity index (χ2v) is 3.86. The van der Waals surface area contributed by atoms with E-state index in [1.807, 2.05) is 59.2 Å². The normalized spacial score (nSPS) is 10.9. The third kappa shape index (κ3) is 1.61. The summed E-state index contributed by atoms with van der Waals surface area (Å²) >= 11 is 0. The maximum absolute atomic E-state index is 9.49. The third-order valence-electron chi connectivity index (χ3n) is 2.83. The van der Waals surface area contributed by atoms with E-state index in [1.54, 1.807) is 0 Å². The van der Waals surface area contributed by atoms with Crippen molar-refractivity contribution < 1.29 is 5.11 Å². The third-order valence-corrected chi connectivity index (χ3v) is 2.83. The van der Waals surface area contributed by atoms with Crippen molar-refractivity contribution in [3.63, 3.8) is 0 Å². The molecule has 0 aliphatic carbocycles. The van der Waals surface area contributed by atoms with E-state index in [9.17, 15) is 5.11 Å². The molecule has 0 radical (unpaired) electrons. The van der Waals surface area contributed by atoms with Gasteiger partial charge >= 0.3 is 0 Å². The molecule has 1 N–H and O–H groups in total. The summed E-state index contributed by atoms with van der Waals surface area (Å²) in [6.45, 7) is -0.0647. The summed E-state index contributed by atoms with van der Waals surface area (Å²) in [5.74, 6) is 0.800. The number of aromatic nitrogens is 2. The van der Waals surface area contributed by atoms with E-state index in [2.05, 4.69) is 4.98 Å².